The van der Waals surface area contributed by atoms with Crippen LogP contribution in [-0.2, 0) is 17.8 Å². The van der Waals surface area contributed by atoms with Crippen molar-refractivity contribution in [2.45, 2.75) is 13.0 Å². The van der Waals surface area contributed by atoms with Crippen molar-refractivity contribution >= 4 is 5.91 Å². The van der Waals surface area contributed by atoms with Gasteiger partial charge in [-0.2, -0.15) is 0 Å². The molecule has 24 heavy (non-hydrogen) atoms. The molecule has 0 fully saturated rings. The molecule has 0 radical (unpaired) electrons. The fourth-order valence-electron chi connectivity index (χ4n) is 2.42. The normalized spacial score (nSPS) is 10.4. The summed E-state index contributed by atoms with van der Waals surface area (Å²) in [4.78, 5) is 16.3. The molecule has 1 aromatic heterocycles. The first kappa shape index (κ1) is 15.9. The van der Waals surface area contributed by atoms with E-state index in [4.69, 9.17) is 0 Å². The Morgan fingerprint density at radius 2 is 1.79 bits per heavy atom. The van der Waals surface area contributed by atoms with E-state index in [0.29, 0.717) is 6.54 Å². The molecule has 0 saturated heterocycles. The summed E-state index contributed by atoms with van der Waals surface area (Å²) in [7, 11) is 0. The number of carbonyl (C=O) groups is 1. The molecule has 4 heteroatoms. The second-order valence-corrected chi connectivity index (χ2v) is 5.50. The van der Waals surface area contributed by atoms with Gasteiger partial charge >= 0.3 is 0 Å². The number of aromatic nitrogens is 1. The van der Waals surface area contributed by atoms with Crippen LogP contribution in [0.2, 0.25) is 0 Å². The minimum atomic E-state index is -0.299. The molecule has 2 aromatic carbocycles. The molecule has 0 aliphatic heterocycles. The van der Waals surface area contributed by atoms with E-state index in [0.717, 1.165) is 22.4 Å². The van der Waals surface area contributed by atoms with E-state index in [1.807, 2.05) is 42.5 Å². The number of nitrogens with one attached hydrogen (secondary N) is 1. The summed E-state index contributed by atoms with van der Waals surface area (Å²) >= 11 is 0. The molecule has 1 amide bonds. The largest absolute Gasteiger partial charge is 0.352 e. The molecule has 1 N–H and O–H groups in total. The first-order chi connectivity index (χ1) is 11.7. The minimum absolute atomic E-state index is 0.0927. The Bertz CT molecular complexity index is 817. The van der Waals surface area contributed by atoms with Gasteiger partial charge in [0.1, 0.15) is 5.82 Å². The Hall–Kier alpha value is -3.01. The number of hydrogen-bond donors (Lipinski definition) is 1. The molecular formula is C20H17FN2O. The molecular weight excluding hydrogens is 303 g/mol. The van der Waals surface area contributed by atoms with E-state index in [-0.39, 0.29) is 18.1 Å². The molecule has 3 aromatic rings. The molecule has 1 heterocycles. The topological polar surface area (TPSA) is 42.0 Å². The minimum Gasteiger partial charge on any atom is -0.352 e. The first-order valence-electron chi connectivity index (χ1n) is 7.72. The maximum absolute atomic E-state index is 13.1. The average molecular weight is 320 g/mol. The standard InChI is InChI=1S/C20H17FN2O/c21-18-5-3-4-16(12-18)14-23-20(24)13-15-7-9-17(10-8-15)19-6-1-2-11-22-19/h1-12H,13-14H2,(H,23,24). The number of carbonyl (C=O) groups excluding carboxylic acids is 1. The summed E-state index contributed by atoms with van der Waals surface area (Å²) in [5, 5.41) is 2.80. The van der Waals surface area contributed by atoms with Gasteiger partial charge in [-0.1, -0.05) is 42.5 Å². The van der Waals surface area contributed by atoms with Gasteiger partial charge in [0, 0.05) is 18.3 Å². The lowest BCUT2D eigenvalue weighted by atomic mass is 10.1. The summed E-state index contributed by atoms with van der Waals surface area (Å²) in [6.07, 6.45) is 2.04. The second kappa shape index (κ2) is 7.51. The van der Waals surface area contributed by atoms with Gasteiger partial charge in [0.25, 0.3) is 0 Å². The number of benzene rings is 2. The fraction of sp³-hybridized carbons (Fsp3) is 0.100. The van der Waals surface area contributed by atoms with Crippen molar-refractivity contribution < 1.29 is 9.18 Å². The lowest BCUT2D eigenvalue weighted by molar-refractivity contribution is -0.120. The summed E-state index contributed by atoms with van der Waals surface area (Å²) in [5.74, 6) is -0.392. The Balaban J connectivity index is 1.57. The number of pyridine rings is 1. The van der Waals surface area contributed by atoms with Crippen LogP contribution in [0.3, 0.4) is 0 Å². The zero-order valence-corrected chi connectivity index (χ0v) is 13.1. The van der Waals surface area contributed by atoms with Gasteiger partial charge in [-0.05, 0) is 35.4 Å². The van der Waals surface area contributed by atoms with E-state index >= 15 is 0 Å². The Morgan fingerprint density at radius 3 is 2.50 bits per heavy atom. The third-order valence-electron chi connectivity index (χ3n) is 3.66. The second-order valence-electron chi connectivity index (χ2n) is 5.50. The highest BCUT2D eigenvalue weighted by Gasteiger charge is 2.05. The van der Waals surface area contributed by atoms with Gasteiger partial charge in [-0.3, -0.25) is 9.78 Å². The molecule has 0 aliphatic carbocycles. The molecule has 120 valence electrons. The van der Waals surface area contributed by atoms with E-state index in [2.05, 4.69) is 10.3 Å². The van der Waals surface area contributed by atoms with Crippen LogP contribution in [0.1, 0.15) is 11.1 Å². The van der Waals surface area contributed by atoms with Crippen molar-refractivity contribution in [1.82, 2.24) is 10.3 Å². The maximum atomic E-state index is 13.1. The van der Waals surface area contributed by atoms with Gasteiger partial charge in [0.2, 0.25) is 5.91 Å². The first-order valence-corrected chi connectivity index (χ1v) is 7.72. The quantitative estimate of drug-likeness (QED) is 0.778. The van der Waals surface area contributed by atoms with Gasteiger partial charge < -0.3 is 5.32 Å². The Labute approximate surface area is 140 Å². The molecule has 3 rings (SSSR count). The molecule has 0 saturated carbocycles. The molecule has 0 spiro atoms. The summed E-state index contributed by atoms with van der Waals surface area (Å²) < 4.78 is 13.1. The highest BCUT2D eigenvalue weighted by atomic mass is 19.1. The number of amides is 1. The van der Waals surface area contributed by atoms with Crippen LogP contribution in [0.4, 0.5) is 4.39 Å². The Morgan fingerprint density at radius 1 is 0.958 bits per heavy atom. The number of rotatable bonds is 5. The maximum Gasteiger partial charge on any atom is 0.224 e. The van der Waals surface area contributed by atoms with Crippen molar-refractivity contribution in [3.8, 4) is 11.3 Å². The number of nitrogens with zero attached hydrogens (tertiary/aromatic N) is 1. The molecule has 0 aliphatic rings. The smallest absolute Gasteiger partial charge is 0.224 e. The van der Waals surface area contributed by atoms with Crippen LogP contribution in [0.5, 0.6) is 0 Å². The summed E-state index contributed by atoms with van der Waals surface area (Å²) in [6.45, 7) is 0.322. The van der Waals surface area contributed by atoms with Crippen LogP contribution < -0.4 is 5.32 Å². The Kier molecular flexibility index (Phi) is 4.96. The SMILES string of the molecule is O=C(Cc1ccc(-c2ccccn2)cc1)NCc1cccc(F)c1. The van der Waals surface area contributed by atoms with E-state index in [1.165, 1.54) is 12.1 Å². The monoisotopic (exact) mass is 320 g/mol. The predicted octanol–water partition coefficient (Wildman–Crippen LogP) is 3.75. The van der Waals surface area contributed by atoms with E-state index in [9.17, 15) is 9.18 Å². The third-order valence-corrected chi connectivity index (χ3v) is 3.66. The highest BCUT2D eigenvalue weighted by Crippen LogP contribution is 2.17. The van der Waals surface area contributed by atoms with Crippen molar-refractivity contribution in [3.05, 3.63) is 89.9 Å². The molecule has 3 nitrogen and oxygen atoms in total. The zero-order valence-electron chi connectivity index (χ0n) is 13.1. The third kappa shape index (κ3) is 4.26. The van der Waals surface area contributed by atoms with E-state index in [1.54, 1.807) is 18.3 Å². The summed E-state index contributed by atoms with van der Waals surface area (Å²) in [5.41, 5.74) is 3.58. The lowest BCUT2D eigenvalue weighted by Gasteiger charge is -2.07. The fourth-order valence-corrected chi connectivity index (χ4v) is 2.42. The van der Waals surface area contributed by atoms with Crippen molar-refractivity contribution in [3.63, 3.8) is 0 Å². The average Bonchev–Trinajstić information content (AvgIpc) is 2.61. The molecule has 0 atom stereocenters. The van der Waals surface area contributed by atoms with Crippen LogP contribution in [0, 0.1) is 5.82 Å². The zero-order chi connectivity index (χ0) is 16.8. The van der Waals surface area contributed by atoms with Crippen molar-refractivity contribution in [1.29, 1.82) is 0 Å². The van der Waals surface area contributed by atoms with Crippen molar-refractivity contribution in [2.75, 3.05) is 0 Å². The molecule has 0 bridgehead atoms. The van der Waals surface area contributed by atoms with Crippen LogP contribution in [0.15, 0.2) is 72.9 Å². The predicted molar refractivity (Wildman–Crippen MR) is 91.6 cm³/mol. The van der Waals surface area contributed by atoms with Gasteiger partial charge in [-0.15, -0.1) is 0 Å². The lowest BCUT2D eigenvalue weighted by Crippen LogP contribution is -2.24. The molecule has 0 unspecified atom stereocenters. The van der Waals surface area contributed by atoms with Crippen molar-refractivity contribution in [2.24, 2.45) is 0 Å². The van der Waals surface area contributed by atoms with Crippen LogP contribution in [0.25, 0.3) is 11.3 Å². The van der Waals surface area contributed by atoms with Gasteiger partial charge in [-0.25, -0.2) is 4.39 Å². The highest BCUT2D eigenvalue weighted by molar-refractivity contribution is 5.78. The number of halogens is 1. The summed E-state index contributed by atoms with van der Waals surface area (Å²) in [6, 6.07) is 19.7. The van der Waals surface area contributed by atoms with E-state index < -0.39 is 0 Å². The van der Waals surface area contributed by atoms with Crippen LogP contribution >= 0.6 is 0 Å². The number of hydrogen-bond acceptors (Lipinski definition) is 2. The van der Waals surface area contributed by atoms with Crippen LogP contribution in [-0.4, -0.2) is 10.9 Å². The van der Waals surface area contributed by atoms with Gasteiger partial charge in [0.15, 0.2) is 0 Å². The van der Waals surface area contributed by atoms with Gasteiger partial charge in [0.05, 0.1) is 12.1 Å².